The van der Waals surface area contributed by atoms with Gasteiger partial charge in [0.15, 0.2) is 5.75 Å². The molecule has 0 atom stereocenters. The number of rotatable bonds is 7. The zero-order chi connectivity index (χ0) is 13.7. The summed E-state index contributed by atoms with van der Waals surface area (Å²) in [5.41, 5.74) is 3.44. The number of nitrogens with zero attached hydrogens (tertiary/aromatic N) is 2. The summed E-state index contributed by atoms with van der Waals surface area (Å²) < 4.78 is 7.64. The maximum atomic E-state index is 5.78. The molecule has 0 aromatic carbocycles. The molecule has 0 amide bonds. The van der Waals surface area contributed by atoms with Crippen LogP contribution < -0.4 is 10.1 Å². The fourth-order valence-electron chi connectivity index (χ4n) is 1.98. The van der Waals surface area contributed by atoms with E-state index >= 15 is 0 Å². The second kappa shape index (κ2) is 6.73. The topological polar surface area (TPSA) is 39.1 Å². The Morgan fingerprint density at radius 2 is 2.21 bits per heavy atom. The third-order valence-electron chi connectivity index (χ3n) is 3.14. The van der Waals surface area contributed by atoms with E-state index in [0.717, 1.165) is 36.6 Å². The van der Waals surface area contributed by atoms with Gasteiger partial charge >= 0.3 is 0 Å². The average Bonchev–Trinajstić information content (AvgIpc) is 2.97. The van der Waals surface area contributed by atoms with Gasteiger partial charge in [-0.05, 0) is 49.2 Å². The second-order valence-electron chi connectivity index (χ2n) is 4.60. The van der Waals surface area contributed by atoms with Crippen molar-refractivity contribution in [2.75, 3.05) is 19.7 Å². The first-order valence-corrected chi connectivity index (χ1v) is 7.47. The second-order valence-corrected chi connectivity index (χ2v) is 5.38. The molecule has 19 heavy (non-hydrogen) atoms. The molecule has 0 saturated heterocycles. The van der Waals surface area contributed by atoms with Gasteiger partial charge in [0.05, 0.1) is 5.69 Å². The van der Waals surface area contributed by atoms with Crippen LogP contribution in [0.2, 0.25) is 0 Å². The summed E-state index contributed by atoms with van der Waals surface area (Å²) in [6.45, 7) is 6.53. The van der Waals surface area contributed by atoms with Crippen LogP contribution in [0.1, 0.15) is 17.0 Å². The van der Waals surface area contributed by atoms with E-state index in [1.807, 2.05) is 25.6 Å². The molecule has 0 aliphatic rings. The number of aromatic nitrogens is 2. The van der Waals surface area contributed by atoms with Crippen molar-refractivity contribution >= 4 is 11.3 Å². The van der Waals surface area contributed by atoms with E-state index in [1.54, 1.807) is 11.3 Å². The van der Waals surface area contributed by atoms with Crippen molar-refractivity contribution in [3.8, 4) is 5.75 Å². The Kier molecular flexibility index (Phi) is 4.99. The molecule has 2 rings (SSSR count). The first kappa shape index (κ1) is 14.1. The smallest absolute Gasteiger partial charge is 0.163 e. The normalized spacial score (nSPS) is 10.9. The van der Waals surface area contributed by atoms with E-state index in [4.69, 9.17) is 4.74 Å². The number of hydrogen-bond acceptors (Lipinski definition) is 4. The maximum absolute atomic E-state index is 5.78. The van der Waals surface area contributed by atoms with E-state index in [1.165, 1.54) is 5.56 Å². The first-order chi connectivity index (χ1) is 9.18. The number of aryl methyl sites for hydroxylation is 2. The van der Waals surface area contributed by atoms with Crippen LogP contribution in [0.5, 0.6) is 5.75 Å². The highest BCUT2D eigenvalue weighted by atomic mass is 32.1. The number of hydrogen-bond donors (Lipinski definition) is 1. The van der Waals surface area contributed by atoms with Gasteiger partial charge in [-0.1, -0.05) is 0 Å². The van der Waals surface area contributed by atoms with Crippen LogP contribution in [0, 0.1) is 13.8 Å². The summed E-state index contributed by atoms with van der Waals surface area (Å²) >= 11 is 1.75. The fraction of sp³-hybridized carbons (Fsp3) is 0.500. The van der Waals surface area contributed by atoms with Gasteiger partial charge in [-0.15, -0.1) is 0 Å². The molecule has 0 bridgehead atoms. The Bertz CT molecular complexity index is 505. The molecule has 0 aliphatic heterocycles. The van der Waals surface area contributed by atoms with Crippen molar-refractivity contribution in [2.24, 2.45) is 7.05 Å². The first-order valence-electron chi connectivity index (χ1n) is 6.53. The minimum Gasteiger partial charge on any atom is -0.488 e. The molecule has 2 aromatic heterocycles. The Morgan fingerprint density at radius 3 is 2.84 bits per heavy atom. The third-order valence-corrected chi connectivity index (χ3v) is 3.87. The minimum atomic E-state index is 0.678. The highest BCUT2D eigenvalue weighted by Crippen LogP contribution is 2.20. The van der Waals surface area contributed by atoms with Crippen LogP contribution >= 0.6 is 11.3 Å². The molecule has 0 fully saturated rings. The molecular formula is C14H21N3OS. The number of nitrogens with one attached hydrogen (secondary N) is 1. The summed E-state index contributed by atoms with van der Waals surface area (Å²) in [5, 5.41) is 12.0. The Balaban J connectivity index is 1.64. The van der Waals surface area contributed by atoms with Crippen LogP contribution in [0.3, 0.4) is 0 Å². The molecule has 0 unspecified atom stereocenters. The van der Waals surface area contributed by atoms with Crippen molar-refractivity contribution in [3.63, 3.8) is 0 Å². The molecule has 2 heterocycles. The lowest BCUT2D eigenvalue weighted by Gasteiger charge is -2.07. The molecule has 4 nitrogen and oxygen atoms in total. The predicted molar refractivity (Wildman–Crippen MR) is 79.1 cm³/mol. The molecule has 104 valence electrons. The zero-order valence-electron chi connectivity index (χ0n) is 11.8. The van der Waals surface area contributed by atoms with Gasteiger partial charge in [0.1, 0.15) is 12.3 Å². The Hall–Kier alpha value is -1.33. The largest absolute Gasteiger partial charge is 0.488 e. The lowest BCUT2D eigenvalue weighted by atomic mass is 10.2. The van der Waals surface area contributed by atoms with Crippen LogP contribution in [0.15, 0.2) is 16.8 Å². The molecule has 0 aliphatic carbocycles. The molecule has 0 radical (unpaired) electrons. The maximum Gasteiger partial charge on any atom is 0.163 e. The molecular weight excluding hydrogens is 258 g/mol. The van der Waals surface area contributed by atoms with Gasteiger partial charge in [0, 0.05) is 13.6 Å². The predicted octanol–water partition coefficient (Wildman–Crippen LogP) is 2.31. The van der Waals surface area contributed by atoms with Gasteiger partial charge in [0.2, 0.25) is 0 Å². The summed E-state index contributed by atoms with van der Waals surface area (Å²) in [4.78, 5) is 0. The Morgan fingerprint density at radius 1 is 1.37 bits per heavy atom. The summed E-state index contributed by atoms with van der Waals surface area (Å²) in [7, 11) is 1.94. The van der Waals surface area contributed by atoms with Gasteiger partial charge < -0.3 is 10.1 Å². The lowest BCUT2D eigenvalue weighted by Crippen LogP contribution is -2.23. The van der Waals surface area contributed by atoms with Crippen LogP contribution in [-0.2, 0) is 13.5 Å². The van der Waals surface area contributed by atoms with Crippen molar-refractivity contribution in [1.82, 2.24) is 15.1 Å². The quantitative estimate of drug-likeness (QED) is 0.791. The third kappa shape index (κ3) is 3.81. The SMILES string of the molecule is Cc1nn(C)c(C)c1OCCNCCc1ccsc1. The zero-order valence-corrected chi connectivity index (χ0v) is 12.6. The van der Waals surface area contributed by atoms with Crippen molar-refractivity contribution < 1.29 is 4.74 Å². The van der Waals surface area contributed by atoms with E-state index in [0.29, 0.717) is 6.61 Å². The van der Waals surface area contributed by atoms with Gasteiger partial charge in [-0.2, -0.15) is 16.4 Å². The van der Waals surface area contributed by atoms with Crippen molar-refractivity contribution in [1.29, 1.82) is 0 Å². The highest BCUT2D eigenvalue weighted by molar-refractivity contribution is 7.07. The summed E-state index contributed by atoms with van der Waals surface area (Å²) in [6.07, 6.45) is 1.08. The van der Waals surface area contributed by atoms with E-state index < -0.39 is 0 Å². The van der Waals surface area contributed by atoms with Crippen LogP contribution in [0.4, 0.5) is 0 Å². The monoisotopic (exact) mass is 279 g/mol. The lowest BCUT2D eigenvalue weighted by molar-refractivity contribution is 0.310. The number of ether oxygens (including phenoxy) is 1. The molecule has 0 spiro atoms. The average molecular weight is 279 g/mol. The standard InChI is InChI=1S/C14H21N3OS/c1-11-14(12(2)17(3)16-11)18-8-7-15-6-4-13-5-9-19-10-13/h5,9-10,15H,4,6-8H2,1-3H3. The Labute approximate surface area is 118 Å². The van der Waals surface area contributed by atoms with Crippen molar-refractivity contribution in [3.05, 3.63) is 33.8 Å². The molecule has 5 heteroatoms. The van der Waals surface area contributed by atoms with Crippen LogP contribution in [-0.4, -0.2) is 29.5 Å². The number of thiophene rings is 1. The highest BCUT2D eigenvalue weighted by Gasteiger charge is 2.09. The summed E-state index contributed by atoms with van der Waals surface area (Å²) in [6, 6.07) is 2.17. The van der Waals surface area contributed by atoms with Gasteiger partial charge in [-0.25, -0.2) is 0 Å². The van der Waals surface area contributed by atoms with E-state index in [-0.39, 0.29) is 0 Å². The summed E-state index contributed by atoms with van der Waals surface area (Å²) in [5.74, 6) is 0.919. The molecule has 2 aromatic rings. The van der Waals surface area contributed by atoms with E-state index in [2.05, 4.69) is 27.2 Å². The van der Waals surface area contributed by atoms with Crippen LogP contribution in [0.25, 0.3) is 0 Å². The van der Waals surface area contributed by atoms with Gasteiger partial charge in [-0.3, -0.25) is 4.68 Å². The van der Waals surface area contributed by atoms with E-state index in [9.17, 15) is 0 Å². The minimum absolute atomic E-state index is 0.678. The van der Waals surface area contributed by atoms with Gasteiger partial charge in [0.25, 0.3) is 0 Å². The molecule has 1 N–H and O–H groups in total. The molecule has 0 saturated carbocycles. The van der Waals surface area contributed by atoms with Crippen molar-refractivity contribution in [2.45, 2.75) is 20.3 Å². The fourth-order valence-corrected chi connectivity index (χ4v) is 2.68.